The maximum Gasteiger partial charge on any atom is 0.0754 e. The average Bonchev–Trinajstić information content (AvgIpc) is 4.02. The Morgan fingerprint density at radius 1 is 0.303 bits per heavy atom. The van der Waals surface area contributed by atoms with Gasteiger partial charge in [0.05, 0.1) is 22.5 Å². The maximum absolute atomic E-state index is 2.53. The highest BCUT2D eigenvalue weighted by molar-refractivity contribution is 6.01. The van der Waals surface area contributed by atoms with E-state index < -0.39 is 5.41 Å². The monoisotopic (exact) mass is 966 g/mol. The fourth-order valence-corrected chi connectivity index (χ4v) is 12.7. The molecule has 1 aliphatic carbocycles. The highest BCUT2D eigenvalue weighted by Crippen LogP contribution is 2.64. The molecule has 0 fully saturated rings. The van der Waals surface area contributed by atoms with E-state index in [-0.39, 0.29) is 0 Å². The Morgan fingerprint density at radius 3 is 1.51 bits per heavy atom. The molecule has 0 N–H and O–H groups in total. The number of hydrogen-bond donors (Lipinski definition) is 0. The number of fused-ring (bicyclic) bond motifs is 12. The summed E-state index contributed by atoms with van der Waals surface area (Å²) < 4.78 is 0. The van der Waals surface area contributed by atoms with E-state index in [1.165, 1.54) is 110 Å². The predicted octanol–water partition coefficient (Wildman–Crippen LogP) is 19.7. The lowest BCUT2D eigenvalue weighted by molar-refractivity contribution is 0.751. The van der Waals surface area contributed by atoms with Crippen LogP contribution in [0.1, 0.15) is 33.4 Å². The molecule has 356 valence electrons. The molecule has 0 atom stereocenters. The normalized spacial score (nSPS) is 12.9. The molecule has 0 saturated carbocycles. The van der Waals surface area contributed by atoms with Gasteiger partial charge in [-0.2, -0.15) is 0 Å². The van der Waals surface area contributed by atoms with Gasteiger partial charge in [-0.1, -0.05) is 224 Å². The Balaban J connectivity index is 0.895. The Labute approximate surface area is 443 Å². The number of hydrogen-bond acceptors (Lipinski definition) is 2. The fraction of sp³-hybridized carbons (Fsp3) is 0.0270. The molecule has 1 spiro atoms. The first kappa shape index (κ1) is 43.8. The van der Waals surface area contributed by atoms with Crippen LogP contribution in [0, 0.1) is 0 Å². The first-order chi connectivity index (χ1) is 37.7. The summed E-state index contributed by atoms with van der Waals surface area (Å²) >= 11 is 0. The van der Waals surface area contributed by atoms with Gasteiger partial charge in [0, 0.05) is 22.4 Å². The lowest BCUT2D eigenvalue weighted by Gasteiger charge is -2.45. The second-order valence-corrected chi connectivity index (χ2v) is 20.4. The van der Waals surface area contributed by atoms with Crippen LogP contribution in [0.25, 0.3) is 65.7 Å². The van der Waals surface area contributed by atoms with Crippen LogP contribution in [0.2, 0.25) is 0 Å². The van der Waals surface area contributed by atoms with Gasteiger partial charge in [0.25, 0.3) is 0 Å². The maximum atomic E-state index is 2.53. The van der Waals surface area contributed by atoms with Crippen molar-refractivity contribution in [1.82, 2.24) is 0 Å². The molecule has 1 heterocycles. The smallest absolute Gasteiger partial charge is 0.0754 e. The van der Waals surface area contributed by atoms with Gasteiger partial charge in [-0.25, -0.2) is 0 Å². The highest BCUT2D eigenvalue weighted by Gasteiger charge is 2.52. The van der Waals surface area contributed by atoms with Crippen LogP contribution < -0.4 is 9.80 Å². The minimum Gasteiger partial charge on any atom is -0.310 e. The standard InChI is InChI=1S/C74H50N2/c1-2-15-52(16-3-1)55-34-37-61(38-35-55)75(71-28-14-22-56-19-8-9-23-64(56)71)62-39-41-63(42-40-62)76-72-26-12-10-24-67(72)74(68-25-11-13-27-73(68)76)69-47-51(45-50-29-31-53-17-4-6-20-57(53)46-50)30-43-65(69)66-44-36-60(49-70(66)74)59-33-32-54-18-5-7-21-58(54)48-59/h1-44,46-49H,45H2. The average molecular weight is 967 g/mol. The van der Waals surface area contributed by atoms with E-state index in [4.69, 9.17) is 0 Å². The van der Waals surface area contributed by atoms with Gasteiger partial charge < -0.3 is 9.80 Å². The van der Waals surface area contributed by atoms with Gasteiger partial charge in [-0.05, 0) is 167 Å². The first-order valence-corrected chi connectivity index (χ1v) is 26.4. The molecule has 0 saturated heterocycles. The number of anilines is 6. The SMILES string of the molecule is c1ccc(-c2ccc(N(c3ccc(N4c5ccccc5C5(c6cc(Cc7ccc8ccccc8c7)ccc6-c6ccc(-c7ccc8ccccc8c7)cc65)c5ccccc54)cc3)c3cccc4ccccc34)cc2)cc1. The van der Waals surface area contributed by atoms with Crippen LogP contribution in [0.5, 0.6) is 0 Å². The summed E-state index contributed by atoms with van der Waals surface area (Å²) in [5, 5.41) is 7.44. The van der Waals surface area contributed by atoms with Crippen molar-refractivity contribution >= 4 is 66.4 Å². The Morgan fingerprint density at radius 2 is 0.789 bits per heavy atom. The zero-order valence-electron chi connectivity index (χ0n) is 41.8. The van der Waals surface area contributed by atoms with Crippen LogP contribution in [-0.2, 0) is 11.8 Å². The van der Waals surface area contributed by atoms with Crippen molar-refractivity contribution in [3.05, 3.63) is 325 Å². The number of benzene rings is 13. The van der Waals surface area contributed by atoms with Gasteiger partial charge in [-0.3, -0.25) is 0 Å². The lowest BCUT2D eigenvalue weighted by atomic mass is 9.64. The molecule has 0 unspecified atom stereocenters. The molecule has 13 aromatic rings. The quantitative estimate of drug-likeness (QED) is 0.150. The van der Waals surface area contributed by atoms with Gasteiger partial charge in [-0.15, -0.1) is 0 Å². The van der Waals surface area contributed by atoms with Gasteiger partial charge in [0.15, 0.2) is 0 Å². The summed E-state index contributed by atoms with van der Waals surface area (Å²) in [7, 11) is 0. The summed E-state index contributed by atoms with van der Waals surface area (Å²) in [6.07, 6.45) is 0.835. The number of para-hydroxylation sites is 2. The third-order valence-corrected chi connectivity index (χ3v) is 16.2. The molecule has 2 nitrogen and oxygen atoms in total. The van der Waals surface area contributed by atoms with Crippen molar-refractivity contribution in [3.63, 3.8) is 0 Å². The van der Waals surface area contributed by atoms with Crippen molar-refractivity contribution in [2.75, 3.05) is 9.80 Å². The molecule has 0 aromatic heterocycles. The molecule has 2 aliphatic rings. The zero-order valence-corrected chi connectivity index (χ0v) is 41.8. The predicted molar refractivity (Wildman–Crippen MR) is 319 cm³/mol. The number of rotatable bonds is 8. The van der Waals surface area contributed by atoms with E-state index in [0.29, 0.717) is 0 Å². The molecule has 0 amide bonds. The summed E-state index contributed by atoms with van der Waals surface area (Å²) in [5.41, 5.74) is 21.3. The first-order valence-electron chi connectivity index (χ1n) is 26.4. The van der Waals surface area contributed by atoms with Crippen LogP contribution >= 0.6 is 0 Å². The molecule has 2 heteroatoms. The molecular weight excluding hydrogens is 917 g/mol. The second kappa shape index (κ2) is 17.7. The van der Waals surface area contributed by atoms with Gasteiger partial charge >= 0.3 is 0 Å². The fourth-order valence-electron chi connectivity index (χ4n) is 12.7. The minimum absolute atomic E-state index is 0.613. The topological polar surface area (TPSA) is 6.48 Å². The van der Waals surface area contributed by atoms with Crippen LogP contribution in [0.15, 0.2) is 291 Å². The summed E-state index contributed by atoms with van der Waals surface area (Å²) in [6.45, 7) is 0. The molecule has 0 bridgehead atoms. The van der Waals surface area contributed by atoms with E-state index in [0.717, 1.165) is 29.2 Å². The van der Waals surface area contributed by atoms with Gasteiger partial charge in [0.2, 0.25) is 0 Å². The van der Waals surface area contributed by atoms with Crippen LogP contribution in [0.4, 0.5) is 34.1 Å². The third kappa shape index (κ3) is 7.02. The van der Waals surface area contributed by atoms with E-state index >= 15 is 0 Å². The van der Waals surface area contributed by atoms with E-state index in [1.54, 1.807) is 0 Å². The van der Waals surface area contributed by atoms with Crippen molar-refractivity contribution in [2.45, 2.75) is 11.8 Å². The zero-order chi connectivity index (χ0) is 50.2. The Kier molecular flexibility index (Phi) is 10.2. The van der Waals surface area contributed by atoms with Crippen LogP contribution in [0.3, 0.4) is 0 Å². The summed E-state index contributed by atoms with van der Waals surface area (Å²) in [5.74, 6) is 0. The Bertz CT molecular complexity index is 4330. The molecule has 0 radical (unpaired) electrons. The molecular formula is C74H50N2. The molecule has 1 aliphatic heterocycles. The van der Waals surface area contributed by atoms with Crippen molar-refractivity contribution in [2.24, 2.45) is 0 Å². The molecule has 15 rings (SSSR count). The van der Waals surface area contributed by atoms with E-state index in [2.05, 4.69) is 301 Å². The summed E-state index contributed by atoms with van der Waals surface area (Å²) in [4.78, 5) is 4.91. The lowest BCUT2D eigenvalue weighted by Crippen LogP contribution is -2.36. The number of nitrogens with zero attached hydrogens (tertiary/aromatic N) is 2. The van der Waals surface area contributed by atoms with Crippen LogP contribution in [-0.4, -0.2) is 0 Å². The largest absolute Gasteiger partial charge is 0.310 e. The van der Waals surface area contributed by atoms with Crippen molar-refractivity contribution in [1.29, 1.82) is 0 Å². The molecule has 13 aromatic carbocycles. The minimum atomic E-state index is -0.613. The molecule has 76 heavy (non-hydrogen) atoms. The van der Waals surface area contributed by atoms with Gasteiger partial charge in [0.1, 0.15) is 0 Å². The summed E-state index contributed by atoms with van der Waals surface area (Å²) in [6, 6.07) is 108. The van der Waals surface area contributed by atoms with Crippen molar-refractivity contribution in [3.8, 4) is 33.4 Å². The third-order valence-electron chi connectivity index (χ3n) is 16.2. The van der Waals surface area contributed by atoms with E-state index in [9.17, 15) is 0 Å². The second-order valence-electron chi connectivity index (χ2n) is 20.4. The van der Waals surface area contributed by atoms with Crippen molar-refractivity contribution < 1.29 is 0 Å². The Hall–Kier alpha value is -9.76. The van der Waals surface area contributed by atoms with E-state index in [1.807, 2.05) is 0 Å². The highest BCUT2D eigenvalue weighted by atomic mass is 15.2.